The number of alkyl halides is 3. The minimum Gasteiger partial charge on any atom is -0.308 e. The van der Waals surface area contributed by atoms with Crippen molar-refractivity contribution in [3.05, 3.63) is 65.7 Å². The van der Waals surface area contributed by atoms with Crippen molar-refractivity contribution < 1.29 is 35.2 Å². The molecule has 0 spiro atoms. The van der Waals surface area contributed by atoms with Crippen LogP contribution in [0.1, 0.15) is 30.8 Å². The van der Waals surface area contributed by atoms with Crippen LogP contribution in [0.4, 0.5) is 13.2 Å². The molecule has 0 aliphatic carbocycles. The Labute approximate surface area is 167 Å². The van der Waals surface area contributed by atoms with Crippen LogP contribution in [0.3, 0.4) is 0 Å². The molecule has 2 aromatic carbocycles. The summed E-state index contributed by atoms with van der Waals surface area (Å²) >= 11 is 0. The monoisotopic (exact) mass is 451 g/mol. The average Bonchev–Trinajstić information content (AvgIpc) is 2.66. The van der Waals surface area contributed by atoms with Crippen LogP contribution in [-0.4, -0.2) is 21.6 Å². The number of rotatable bonds is 9. The molecule has 1 unspecified atom stereocenters. The Morgan fingerprint density at radius 3 is 1.93 bits per heavy atom. The molecule has 0 bridgehead atoms. The Bertz CT molecular complexity index is 940. The molecule has 1 atom stereocenters. The maximum atomic E-state index is 13.3. The summed E-state index contributed by atoms with van der Waals surface area (Å²) in [5.74, 6) is -1.38. The zero-order valence-electron chi connectivity index (χ0n) is 15.7. The smallest absolute Gasteiger partial charge is 0.308 e. The summed E-state index contributed by atoms with van der Waals surface area (Å²) in [5.41, 5.74) is -0.654. The van der Waals surface area contributed by atoms with E-state index in [1.807, 2.05) is 0 Å². The van der Waals surface area contributed by atoms with Crippen LogP contribution in [-0.2, 0) is 29.8 Å². The van der Waals surface area contributed by atoms with Gasteiger partial charge in [0.25, 0.3) is 0 Å². The highest BCUT2D eigenvalue weighted by molar-refractivity contribution is 7.89. The maximum absolute atomic E-state index is 13.3. The van der Waals surface area contributed by atoms with Gasteiger partial charge in [0.05, 0.1) is 23.7 Å². The molecule has 0 saturated carbocycles. The molecule has 1 N–H and O–H groups in total. The zero-order chi connectivity index (χ0) is 21.7. The summed E-state index contributed by atoms with van der Waals surface area (Å²) in [7, 11) is -8.31. The molecule has 29 heavy (non-hydrogen) atoms. The molecule has 2 rings (SSSR count). The Balaban J connectivity index is 2.45. The summed E-state index contributed by atoms with van der Waals surface area (Å²) < 4.78 is 90.0. The van der Waals surface area contributed by atoms with Gasteiger partial charge in [-0.15, -0.1) is 0 Å². The molecule has 0 heterocycles. The van der Waals surface area contributed by atoms with Crippen molar-refractivity contribution in [2.75, 3.05) is 13.2 Å². The number of halogens is 3. The van der Waals surface area contributed by atoms with Gasteiger partial charge in [-0.05, 0) is 43.7 Å². The Morgan fingerprint density at radius 1 is 0.966 bits per heavy atom. The first-order valence-electron chi connectivity index (χ1n) is 8.67. The summed E-state index contributed by atoms with van der Waals surface area (Å²) in [6.07, 6.45) is -4.60. The number of hydrogen-bond donors (Lipinski definition) is 1. The number of benzene rings is 2. The summed E-state index contributed by atoms with van der Waals surface area (Å²) in [6.45, 7) is 3.17. The van der Waals surface area contributed by atoms with Crippen molar-refractivity contribution in [1.29, 1.82) is 0 Å². The lowest BCUT2D eigenvalue weighted by molar-refractivity contribution is -0.137. The highest BCUT2D eigenvalue weighted by atomic mass is 32.2. The zero-order valence-corrected chi connectivity index (χ0v) is 17.4. The Kier molecular flexibility index (Phi) is 7.64. The molecule has 0 fully saturated rings. The molecule has 0 aliphatic rings. The van der Waals surface area contributed by atoms with E-state index in [0.717, 1.165) is 12.1 Å². The normalized spacial score (nSPS) is 14.0. The van der Waals surface area contributed by atoms with Crippen LogP contribution in [0.15, 0.2) is 59.5 Å². The third-order valence-electron chi connectivity index (χ3n) is 3.81. The van der Waals surface area contributed by atoms with E-state index < -0.39 is 40.0 Å². The molecule has 2 aromatic rings. The van der Waals surface area contributed by atoms with E-state index in [0.29, 0.717) is 17.7 Å². The average molecular weight is 451 g/mol. The van der Waals surface area contributed by atoms with Crippen molar-refractivity contribution in [3.63, 3.8) is 0 Å². The van der Waals surface area contributed by atoms with Crippen LogP contribution in [0.25, 0.3) is 0 Å². The number of sulfonamides is 1. The molecule has 0 aliphatic heterocycles. The van der Waals surface area contributed by atoms with Crippen LogP contribution in [0.5, 0.6) is 0 Å². The second-order valence-electron chi connectivity index (χ2n) is 5.83. The number of hydrogen-bond acceptors (Lipinski definition) is 5. The van der Waals surface area contributed by atoms with Gasteiger partial charge in [-0.3, -0.25) is 4.57 Å². The minimum absolute atomic E-state index is 0.00260. The SMILES string of the molecule is CCOP(=O)(OCC)C(NS(=O)(=O)c1ccc(C(F)(F)F)cc1)c1ccccc1. The molecule has 160 valence electrons. The molecule has 6 nitrogen and oxygen atoms in total. The molecular weight excluding hydrogens is 430 g/mol. The van der Waals surface area contributed by atoms with E-state index >= 15 is 0 Å². The fourth-order valence-corrected chi connectivity index (χ4v) is 6.16. The molecule has 0 amide bonds. The third kappa shape index (κ3) is 5.90. The fourth-order valence-electron chi connectivity index (χ4n) is 2.53. The van der Waals surface area contributed by atoms with E-state index in [1.165, 1.54) is 0 Å². The van der Waals surface area contributed by atoms with Gasteiger partial charge in [-0.1, -0.05) is 30.3 Å². The van der Waals surface area contributed by atoms with E-state index in [1.54, 1.807) is 44.2 Å². The van der Waals surface area contributed by atoms with Gasteiger partial charge in [0.2, 0.25) is 10.0 Å². The Morgan fingerprint density at radius 2 is 1.48 bits per heavy atom. The largest absolute Gasteiger partial charge is 0.416 e. The molecule has 0 saturated heterocycles. The fraction of sp³-hybridized carbons (Fsp3) is 0.333. The highest BCUT2D eigenvalue weighted by Crippen LogP contribution is 2.60. The van der Waals surface area contributed by atoms with Gasteiger partial charge in [-0.2, -0.15) is 17.9 Å². The molecule has 0 radical (unpaired) electrons. The van der Waals surface area contributed by atoms with Crippen molar-refractivity contribution in [2.45, 2.75) is 30.7 Å². The lowest BCUT2D eigenvalue weighted by Gasteiger charge is -2.27. The summed E-state index contributed by atoms with van der Waals surface area (Å²) in [5, 5.41) is 0. The second-order valence-corrected chi connectivity index (χ2v) is 9.66. The molecule has 11 heteroatoms. The lowest BCUT2D eigenvalue weighted by Crippen LogP contribution is -2.30. The first-order valence-corrected chi connectivity index (χ1v) is 11.8. The summed E-state index contributed by atoms with van der Waals surface area (Å²) in [4.78, 5) is -0.411. The van der Waals surface area contributed by atoms with Crippen molar-refractivity contribution in [3.8, 4) is 0 Å². The van der Waals surface area contributed by atoms with E-state index in [9.17, 15) is 26.2 Å². The van der Waals surface area contributed by atoms with Gasteiger partial charge in [0.1, 0.15) is 5.78 Å². The first kappa shape index (κ1) is 23.6. The van der Waals surface area contributed by atoms with Crippen LogP contribution < -0.4 is 4.72 Å². The van der Waals surface area contributed by atoms with Crippen molar-refractivity contribution >= 4 is 17.6 Å². The third-order valence-corrected chi connectivity index (χ3v) is 7.72. The maximum Gasteiger partial charge on any atom is 0.416 e. The van der Waals surface area contributed by atoms with Crippen LogP contribution >= 0.6 is 7.60 Å². The number of nitrogens with one attached hydrogen (secondary N) is 1. The van der Waals surface area contributed by atoms with E-state index in [4.69, 9.17) is 9.05 Å². The van der Waals surface area contributed by atoms with Gasteiger partial charge in [0, 0.05) is 0 Å². The second kappa shape index (κ2) is 9.40. The highest BCUT2D eigenvalue weighted by Gasteiger charge is 2.40. The first-order chi connectivity index (χ1) is 13.5. The van der Waals surface area contributed by atoms with E-state index in [2.05, 4.69) is 4.72 Å². The van der Waals surface area contributed by atoms with Crippen LogP contribution in [0, 0.1) is 0 Å². The quantitative estimate of drug-likeness (QED) is 0.546. The van der Waals surface area contributed by atoms with Crippen molar-refractivity contribution in [1.82, 2.24) is 4.72 Å². The van der Waals surface area contributed by atoms with Gasteiger partial charge in [0.15, 0.2) is 0 Å². The molecule has 0 aromatic heterocycles. The predicted octanol–water partition coefficient (Wildman–Crippen LogP) is 4.95. The van der Waals surface area contributed by atoms with Gasteiger partial charge in [-0.25, -0.2) is 8.42 Å². The predicted molar refractivity (Wildman–Crippen MR) is 102 cm³/mol. The van der Waals surface area contributed by atoms with Gasteiger partial charge >= 0.3 is 13.8 Å². The standard InChI is InChI=1S/C18H21F3NO5PS/c1-3-26-28(23,27-4-2)17(14-8-6-5-7-9-14)22-29(24,25)16-12-10-15(11-13-16)18(19,20)21/h5-13,17,22H,3-4H2,1-2H3. The topological polar surface area (TPSA) is 81.7 Å². The minimum atomic E-state index is -4.60. The summed E-state index contributed by atoms with van der Waals surface area (Å²) in [6, 6.07) is 11.0. The van der Waals surface area contributed by atoms with Crippen molar-refractivity contribution in [2.24, 2.45) is 0 Å². The van der Waals surface area contributed by atoms with Crippen LogP contribution in [0.2, 0.25) is 0 Å². The Hall–Kier alpha value is -1.71. The molecular formula is C18H21F3NO5PS. The van der Waals surface area contributed by atoms with E-state index in [-0.39, 0.29) is 13.2 Å². The lowest BCUT2D eigenvalue weighted by atomic mass is 10.2. The van der Waals surface area contributed by atoms with Gasteiger partial charge < -0.3 is 9.05 Å².